The molecule has 0 bridgehead atoms. The van der Waals surface area contributed by atoms with E-state index in [1.807, 2.05) is 6.07 Å². The Morgan fingerprint density at radius 3 is 2.76 bits per heavy atom. The zero-order chi connectivity index (χ0) is 12.4. The van der Waals surface area contributed by atoms with Crippen molar-refractivity contribution < 1.29 is 0 Å². The first kappa shape index (κ1) is 12.4. The topological polar surface area (TPSA) is 29.3 Å². The molecular weight excluding hydrogens is 208 g/mol. The molecule has 0 aromatic heterocycles. The molecule has 0 radical (unpaired) electrons. The first-order valence-corrected chi connectivity index (χ1v) is 6.69. The van der Waals surface area contributed by atoms with E-state index in [1.54, 1.807) is 0 Å². The lowest BCUT2D eigenvalue weighted by Crippen LogP contribution is -2.42. The normalized spacial score (nSPS) is 27.9. The fraction of sp³-hybridized carbons (Fsp3) is 0.600. The van der Waals surface area contributed by atoms with Crippen LogP contribution < -0.4 is 5.73 Å². The van der Waals surface area contributed by atoms with Crippen molar-refractivity contribution in [3.8, 4) is 0 Å². The van der Waals surface area contributed by atoms with E-state index in [4.69, 9.17) is 5.73 Å². The summed E-state index contributed by atoms with van der Waals surface area (Å²) in [4.78, 5) is 2.61. The third-order valence-electron chi connectivity index (χ3n) is 4.06. The molecular formula is C15H24N2. The second-order valence-electron chi connectivity index (χ2n) is 5.57. The molecule has 1 aromatic carbocycles. The van der Waals surface area contributed by atoms with Crippen molar-refractivity contribution in [2.45, 2.75) is 45.7 Å². The zero-order valence-electron chi connectivity index (χ0n) is 11.2. The number of hydrogen-bond donors (Lipinski definition) is 1. The average molecular weight is 232 g/mol. The number of likely N-dealkylation sites (tertiary alicyclic amines) is 1. The van der Waals surface area contributed by atoms with Crippen LogP contribution in [0.4, 0.5) is 5.69 Å². The second-order valence-corrected chi connectivity index (χ2v) is 5.57. The molecule has 0 amide bonds. The van der Waals surface area contributed by atoms with E-state index < -0.39 is 0 Å². The highest BCUT2D eigenvalue weighted by Gasteiger charge is 2.27. The van der Waals surface area contributed by atoms with Crippen molar-refractivity contribution in [3.05, 3.63) is 29.8 Å². The molecule has 2 heteroatoms. The van der Waals surface area contributed by atoms with E-state index in [0.29, 0.717) is 12.1 Å². The fourth-order valence-corrected chi connectivity index (χ4v) is 2.87. The predicted octanol–water partition coefficient (Wildman–Crippen LogP) is 3.45. The Kier molecular flexibility index (Phi) is 3.72. The molecule has 0 spiro atoms. The van der Waals surface area contributed by atoms with Crippen LogP contribution in [0.15, 0.2) is 24.3 Å². The van der Waals surface area contributed by atoms with Crippen LogP contribution in [-0.4, -0.2) is 17.5 Å². The standard InChI is InChI=1S/C15H24N2/c1-11-7-8-12(2)17(10-11)13(3)14-5-4-6-15(16)9-14/h4-6,9,11-13H,7-8,10,16H2,1-3H3. The van der Waals surface area contributed by atoms with Gasteiger partial charge in [0, 0.05) is 24.3 Å². The summed E-state index contributed by atoms with van der Waals surface area (Å²) in [6.45, 7) is 8.19. The largest absolute Gasteiger partial charge is 0.399 e. The highest BCUT2D eigenvalue weighted by Crippen LogP contribution is 2.30. The first-order chi connectivity index (χ1) is 8.08. The number of nitrogens with two attached hydrogens (primary N) is 1. The maximum absolute atomic E-state index is 5.87. The molecule has 2 rings (SSSR count). The number of hydrogen-bond acceptors (Lipinski definition) is 2. The van der Waals surface area contributed by atoms with Gasteiger partial charge in [-0.25, -0.2) is 0 Å². The van der Waals surface area contributed by atoms with E-state index in [2.05, 4.69) is 43.9 Å². The van der Waals surface area contributed by atoms with Crippen LogP contribution >= 0.6 is 0 Å². The SMILES string of the molecule is CC1CCC(C)N(C(C)c2cccc(N)c2)C1. The maximum Gasteiger partial charge on any atom is 0.0323 e. The van der Waals surface area contributed by atoms with Gasteiger partial charge in [0.05, 0.1) is 0 Å². The Morgan fingerprint density at radius 2 is 2.06 bits per heavy atom. The third-order valence-corrected chi connectivity index (χ3v) is 4.06. The third kappa shape index (κ3) is 2.81. The van der Waals surface area contributed by atoms with Gasteiger partial charge in [-0.05, 0) is 50.3 Å². The Morgan fingerprint density at radius 1 is 1.29 bits per heavy atom. The van der Waals surface area contributed by atoms with Crippen LogP contribution in [0.25, 0.3) is 0 Å². The van der Waals surface area contributed by atoms with E-state index >= 15 is 0 Å². The van der Waals surface area contributed by atoms with Gasteiger partial charge in [-0.1, -0.05) is 19.1 Å². The highest BCUT2D eigenvalue weighted by atomic mass is 15.2. The Balaban J connectivity index is 2.15. The number of nitrogen functional groups attached to an aromatic ring is 1. The molecule has 3 atom stereocenters. The average Bonchev–Trinajstić information content (AvgIpc) is 2.31. The summed E-state index contributed by atoms with van der Waals surface area (Å²) in [5.41, 5.74) is 8.08. The predicted molar refractivity (Wildman–Crippen MR) is 73.8 cm³/mol. The minimum atomic E-state index is 0.469. The van der Waals surface area contributed by atoms with Gasteiger partial charge in [0.25, 0.3) is 0 Å². The molecule has 1 fully saturated rings. The van der Waals surface area contributed by atoms with Crippen molar-refractivity contribution in [1.82, 2.24) is 4.90 Å². The van der Waals surface area contributed by atoms with E-state index in [-0.39, 0.29) is 0 Å². The monoisotopic (exact) mass is 232 g/mol. The van der Waals surface area contributed by atoms with Crippen LogP contribution in [0.3, 0.4) is 0 Å². The summed E-state index contributed by atoms with van der Waals surface area (Å²) in [5, 5.41) is 0. The van der Waals surface area contributed by atoms with Gasteiger partial charge < -0.3 is 5.73 Å². The van der Waals surface area contributed by atoms with Crippen LogP contribution in [0.1, 0.15) is 45.2 Å². The van der Waals surface area contributed by atoms with Gasteiger partial charge in [-0.3, -0.25) is 4.90 Å². The lowest BCUT2D eigenvalue weighted by molar-refractivity contribution is 0.0845. The fourth-order valence-electron chi connectivity index (χ4n) is 2.87. The molecule has 1 aliphatic heterocycles. The van der Waals surface area contributed by atoms with E-state index in [1.165, 1.54) is 24.9 Å². The van der Waals surface area contributed by atoms with Crippen molar-refractivity contribution in [2.75, 3.05) is 12.3 Å². The Hall–Kier alpha value is -1.02. The Bertz CT molecular complexity index is 375. The highest BCUT2D eigenvalue weighted by molar-refractivity contribution is 5.41. The smallest absolute Gasteiger partial charge is 0.0323 e. The van der Waals surface area contributed by atoms with E-state index in [0.717, 1.165) is 11.6 Å². The molecule has 1 saturated heterocycles. The van der Waals surface area contributed by atoms with Crippen molar-refractivity contribution in [3.63, 3.8) is 0 Å². The van der Waals surface area contributed by atoms with Crippen molar-refractivity contribution in [2.24, 2.45) is 5.92 Å². The maximum atomic E-state index is 5.87. The summed E-state index contributed by atoms with van der Waals surface area (Å²) in [5.74, 6) is 0.815. The molecule has 2 nitrogen and oxygen atoms in total. The summed E-state index contributed by atoms with van der Waals surface area (Å²) in [7, 11) is 0. The second kappa shape index (κ2) is 5.09. The van der Waals surface area contributed by atoms with Crippen molar-refractivity contribution in [1.29, 1.82) is 0 Å². The van der Waals surface area contributed by atoms with Crippen LogP contribution in [0.5, 0.6) is 0 Å². The summed E-state index contributed by atoms with van der Waals surface area (Å²) in [6.07, 6.45) is 2.68. The number of anilines is 1. The van der Waals surface area contributed by atoms with Gasteiger partial charge in [-0.2, -0.15) is 0 Å². The van der Waals surface area contributed by atoms with Gasteiger partial charge in [0.15, 0.2) is 0 Å². The summed E-state index contributed by atoms with van der Waals surface area (Å²) in [6, 6.07) is 9.46. The molecule has 1 aromatic rings. The lowest BCUT2D eigenvalue weighted by atomic mass is 9.92. The van der Waals surface area contributed by atoms with E-state index in [9.17, 15) is 0 Å². The molecule has 2 N–H and O–H groups in total. The van der Waals surface area contributed by atoms with Crippen LogP contribution in [0, 0.1) is 5.92 Å². The molecule has 17 heavy (non-hydrogen) atoms. The van der Waals surface area contributed by atoms with Gasteiger partial charge in [0.1, 0.15) is 0 Å². The van der Waals surface area contributed by atoms with Gasteiger partial charge in [-0.15, -0.1) is 0 Å². The molecule has 0 saturated carbocycles. The number of nitrogens with zero attached hydrogens (tertiary/aromatic N) is 1. The minimum absolute atomic E-state index is 0.469. The zero-order valence-corrected chi connectivity index (χ0v) is 11.2. The Labute approximate surface area is 105 Å². The number of benzene rings is 1. The van der Waals surface area contributed by atoms with Gasteiger partial charge >= 0.3 is 0 Å². The molecule has 1 heterocycles. The summed E-state index contributed by atoms with van der Waals surface area (Å²) >= 11 is 0. The van der Waals surface area contributed by atoms with Crippen LogP contribution in [-0.2, 0) is 0 Å². The molecule has 1 aliphatic rings. The van der Waals surface area contributed by atoms with Gasteiger partial charge in [0.2, 0.25) is 0 Å². The quantitative estimate of drug-likeness (QED) is 0.791. The number of rotatable bonds is 2. The molecule has 3 unspecified atom stereocenters. The minimum Gasteiger partial charge on any atom is -0.399 e. The van der Waals surface area contributed by atoms with Crippen LogP contribution in [0.2, 0.25) is 0 Å². The number of piperidine rings is 1. The lowest BCUT2D eigenvalue weighted by Gasteiger charge is -2.41. The molecule has 0 aliphatic carbocycles. The summed E-state index contributed by atoms with van der Waals surface area (Å²) < 4.78 is 0. The van der Waals surface area contributed by atoms with Crippen molar-refractivity contribution >= 4 is 5.69 Å². The molecule has 94 valence electrons. The first-order valence-electron chi connectivity index (χ1n) is 6.69.